The minimum Gasteiger partial charge on any atom is -0.359 e. The predicted molar refractivity (Wildman–Crippen MR) is 65.3 cm³/mol. The first-order valence-corrected chi connectivity index (χ1v) is 6.12. The zero-order valence-electron chi connectivity index (χ0n) is 9.83. The molecule has 4 nitrogen and oxygen atoms in total. The molecule has 0 aromatic heterocycles. The number of nitrogens with zero attached hydrogens (tertiary/aromatic N) is 2. The number of amides is 1. The monoisotopic (exact) mass is 229 g/mol. The molecule has 0 saturated carbocycles. The van der Waals surface area contributed by atoms with Crippen molar-refractivity contribution >= 4 is 22.8 Å². The van der Waals surface area contributed by atoms with Gasteiger partial charge >= 0.3 is 0 Å². The van der Waals surface area contributed by atoms with Crippen molar-refractivity contribution < 1.29 is 4.79 Å². The normalized spacial score (nSPS) is 21.5. The smallest absolute Gasteiger partial charge is 0.244 e. The van der Waals surface area contributed by atoms with E-state index < -0.39 is 0 Å². The Bertz CT molecular complexity index is 276. The third-order valence-corrected chi connectivity index (χ3v) is 3.64. The molecule has 1 N–H and O–H groups in total. The van der Waals surface area contributed by atoms with E-state index in [9.17, 15) is 4.79 Å². The maximum absolute atomic E-state index is 11.5. The molecule has 1 aliphatic rings. The van der Waals surface area contributed by atoms with Gasteiger partial charge in [-0.2, -0.15) is 0 Å². The van der Waals surface area contributed by atoms with Gasteiger partial charge in [-0.1, -0.05) is 11.8 Å². The number of amidine groups is 1. The molecule has 1 amide bonds. The fourth-order valence-corrected chi connectivity index (χ4v) is 2.21. The van der Waals surface area contributed by atoms with E-state index in [1.54, 1.807) is 23.7 Å². The zero-order valence-corrected chi connectivity index (χ0v) is 10.6. The molecular formula is C10H19N3OS. The van der Waals surface area contributed by atoms with Crippen LogP contribution in [0.1, 0.15) is 20.8 Å². The van der Waals surface area contributed by atoms with Crippen molar-refractivity contribution in [1.82, 2.24) is 10.2 Å². The Labute approximate surface area is 95.5 Å². The number of carbonyl (C=O) groups excluding carboxylic acids is 1. The van der Waals surface area contributed by atoms with Crippen molar-refractivity contribution in [3.8, 4) is 0 Å². The molecule has 15 heavy (non-hydrogen) atoms. The lowest BCUT2D eigenvalue weighted by Crippen LogP contribution is -2.37. The molecule has 1 saturated heterocycles. The summed E-state index contributed by atoms with van der Waals surface area (Å²) in [5.41, 5.74) is 0.100. The maximum atomic E-state index is 11.5. The Balaban J connectivity index is 2.43. The highest BCUT2D eigenvalue weighted by Gasteiger charge is 2.27. The number of thioether (sulfide) groups is 1. The van der Waals surface area contributed by atoms with Crippen LogP contribution in [0.4, 0.5) is 0 Å². The number of hydrogen-bond donors (Lipinski definition) is 1. The fraction of sp³-hybridized carbons (Fsp3) is 0.800. The summed E-state index contributed by atoms with van der Waals surface area (Å²) >= 11 is 1.68. The lowest BCUT2D eigenvalue weighted by molar-refractivity contribution is -0.128. The molecule has 1 rings (SSSR count). The van der Waals surface area contributed by atoms with Gasteiger partial charge in [-0.25, -0.2) is 0 Å². The van der Waals surface area contributed by atoms with Gasteiger partial charge in [0.05, 0.1) is 0 Å². The minimum atomic E-state index is 0.0668. The molecular weight excluding hydrogens is 210 g/mol. The van der Waals surface area contributed by atoms with E-state index in [4.69, 9.17) is 0 Å². The maximum Gasteiger partial charge on any atom is 0.244 e. The van der Waals surface area contributed by atoms with Crippen LogP contribution in [0.15, 0.2) is 4.99 Å². The SMILES string of the molecule is CCN(C)C(=O)CN=C1NC(C)(C)CS1. The molecule has 86 valence electrons. The zero-order chi connectivity index (χ0) is 11.5. The summed E-state index contributed by atoms with van der Waals surface area (Å²) in [6, 6.07) is 0. The molecule has 0 bridgehead atoms. The van der Waals surface area contributed by atoms with Crippen LogP contribution in [0, 0.1) is 0 Å². The largest absolute Gasteiger partial charge is 0.359 e. The van der Waals surface area contributed by atoms with Crippen molar-refractivity contribution in [1.29, 1.82) is 0 Å². The van der Waals surface area contributed by atoms with Crippen LogP contribution < -0.4 is 5.32 Å². The summed E-state index contributed by atoms with van der Waals surface area (Å²) in [7, 11) is 1.79. The van der Waals surface area contributed by atoms with E-state index in [-0.39, 0.29) is 18.0 Å². The van der Waals surface area contributed by atoms with Crippen LogP contribution in [0.2, 0.25) is 0 Å². The quantitative estimate of drug-likeness (QED) is 0.783. The van der Waals surface area contributed by atoms with E-state index in [1.165, 1.54) is 0 Å². The molecule has 0 radical (unpaired) electrons. The number of hydrogen-bond acceptors (Lipinski definition) is 3. The van der Waals surface area contributed by atoms with E-state index >= 15 is 0 Å². The molecule has 1 fully saturated rings. The molecule has 1 heterocycles. The van der Waals surface area contributed by atoms with Crippen molar-refractivity contribution in [2.24, 2.45) is 4.99 Å². The van der Waals surface area contributed by atoms with Gasteiger partial charge in [0.15, 0.2) is 5.17 Å². The van der Waals surface area contributed by atoms with Crippen LogP contribution >= 0.6 is 11.8 Å². The van der Waals surface area contributed by atoms with Crippen LogP contribution in [-0.4, -0.2) is 47.4 Å². The van der Waals surface area contributed by atoms with Crippen molar-refractivity contribution in [2.75, 3.05) is 25.9 Å². The van der Waals surface area contributed by atoms with Crippen molar-refractivity contribution in [3.05, 3.63) is 0 Å². The highest BCUT2D eigenvalue weighted by Crippen LogP contribution is 2.21. The highest BCUT2D eigenvalue weighted by molar-refractivity contribution is 8.14. The van der Waals surface area contributed by atoms with E-state index in [2.05, 4.69) is 24.2 Å². The van der Waals surface area contributed by atoms with Crippen molar-refractivity contribution in [3.63, 3.8) is 0 Å². The van der Waals surface area contributed by atoms with Gasteiger partial charge in [0.1, 0.15) is 6.54 Å². The summed E-state index contributed by atoms with van der Waals surface area (Å²) in [6.07, 6.45) is 0. The topological polar surface area (TPSA) is 44.7 Å². The Kier molecular flexibility index (Phi) is 4.02. The highest BCUT2D eigenvalue weighted by atomic mass is 32.2. The molecule has 0 aromatic carbocycles. The standard InChI is InChI=1S/C10H19N3OS/c1-5-13(4)8(14)6-11-9-12-10(2,3)7-15-9/h5-7H2,1-4H3,(H,11,12). The molecule has 0 atom stereocenters. The average molecular weight is 229 g/mol. The number of nitrogens with one attached hydrogen (secondary N) is 1. The number of aliphatic imine (C=N–C) groups is 1. The molecule has 1 aliphatic heterocycles. The average Bonchev–Trinajstić information content (AvgIpc) is 2.53. The van der Waals surface area contributed by atoms with Gasteiger partial charge in [-0.05, 0) is 20.8 Å². The molecule has 0 aromatic rings. The molecule has 0 unspecified atom stereocenters. The van der Waals surface area contributed by atoms with E-state index in [0.717, 1.165) is 17.5 Å². The lowest BCUT2D eigenvalue weighted by atomic mass is 10.1. The second-order valence-corrected chi connectivity index (χ2v) is 5.29. The summed E-state index contributed by atoms with van der Waals surface area (Å²) in [5, 5.41) is 4.17. The third kappa shape index (κ3) is 3.74. The second kappa shape index (κ2) is 4.88. The van der Waals surface area contributed by atoms with Crippen LogP contribution in [0.5, 0.6) is 0 Å². The summed E-state index contributed by atoms with van der Waals surface area (Å²) in [5.74, 6) is 1.07. The number of carbonyl (C=O) groups is 1. The first kappa shape index (κ1) is 12.4. The predicted octanol–water partition coefficient (Wildman–Crippen LogP) is 0.936. The van der Waals surface area contributed by atoms with Gasteiger partial charge < -0.3 is 10.2 Å². The van der Waals surface area contributed by atoms with Crippen LogP contribution in [0.3, 0.4) is 0 Å². The Hall–Kier alpha value is -0.710. The van der Waals surface area contributed by atoms with Gasteiger partial charge in [0, 0.05) is 24.9 Å². The summed E-state index contributed by atoms with van der Waals surface area (Å²) < 4.78 is 0. The third-order valence-electron chi connectivity index (χ3n) is 2.27. The lowest BCUT2D eigenvalue weighted by Gasteiger charge is -2.16. The second-order valence-electron chi connectivity index (χ2n) is 4.33. The van der Waals surface area contributed by atoms with Gasteiger partial charge in [-0.3, -0.25) is 9.79 Å². The Morgan fingerprint density at radius 3 is 2.80 bits per heavy atom. The summed E-state index contributed by atoms with van der Waals surface area (Å²) in [6.45, 7) is 7.19. The molecule has 5 heteroatoms. The van der Waals surface area contributed by atoms with Crippen LogP contribution in [-0.2, 0) is 4.79 Å². The first-order valence-electron chi connectivity index (χ1n) is 5.14. The first-order chi connectivity index (χ1) is 6.94. The van der Waals surface area contributed by atoms with Crippen LogP contribution in [0.25, 0.3) is 0 Å². The fourth-order valence-electron chi connectivity index (χ4n) is 1.13. The molecule has 0 aliphatic carbocycles. The molecule has 0 spiro atoms. The number of likely N-dealkylation sites (N-methyl/N-ethyl adjacent to an activating group) is 1. The van der Waals surface area contributed by atoms with Gasteiger partial charge in [0.2, 0.25) is 5.91 Å². The Morgan fingerprint density at radius 2 is 2.33 bits per heavy atom. The van der Waals surface area contributed by atoms with Gasteiger partial charge in [-0.15, -0.1) is 0 Å². The summed E-state index contributed by atoms with van der Waals surface area (Å²) in [4.78, 5) is 17.4. The number of rotatable bonds is 3. The van der Waals surface area contributed by atoms with Crippen molar-refractivity contribution in [2.45, 2.75) is 26.3 Å². The van der Waals surface area contributed by atoms with E-state index in [1.807, 2.05) is 6.92 Å². The van der Waals surface area contributed by atoms with E-state index in [0.29, 0.717) is 0 Å². The van der Waals surface area contributed by atoms with Gasteiger partial charge in [0.25, 0.3) is 0 Å². The minimum absolute atomic E-state index is 0.0668. The Morgan fingerprint density at radius 1 is 1.67 bits per heavy atom.